The predicted molar refractivity (Wildman–Crippen MR) is 122 cm³/mol. The van der Waals surface area contributed by atoms with Crippen molar-refractivity contribution in [3.63, 3.8) is 0 Å². The molecule has 0 radical (unpaired) electrons. The van der Waals surface area contributed by atoms with Gasteiger partial charge in [0.05, 0.1) is 13.1 Å². The molecule has 18 heteroatoms. The topological polar surface area (TPSA) is 17.6 Å². The van der Waals surface area contributed by atoms with Crippen LogP contribution in [0.3, 0.4) is 0 Å². The molecule has 3 aromatic rings. The van der Waals surface area contributed by atoms with Gasteiger partial charge in [-0.15, -0.1) is 0 Å². The van der Waals surface area contributed by atoms with Crippen LogP contribution in [0.5, 0.6) is 0 Å². The van der Waals surface area contributed by atoms with Crippen LogP contribution in [-0.2, 0) is 26.2 Å². The van der Waals surface area contributed by atoms with E-state index in [-0.39, 0.29) is 0 Å². The Kier molecular flexibility index (Phi) is 9.16. The van der Waals surface area contributed by atoms with E-state index in [9.17, 15) is 50.4 Å². The number of rotatable bonds is 8. The van der Waals surface area contributed by atoms with Crippen LogP contribution < -0.4 is 9.13 Å². The molecule has 222 valence electrons. The first-order valence-corrected chi connectivity index (χ1v) is 15.0. The van der Waals surface area contributed by atoms with Crippen molar-refractivity contribution in [1.82, 2.24) is 9.13 Å². The van der Waals surface area contributed by atoms with Crippen molar-refractivity contribution in [3.05, 3.63) is 72.8 Å². The summed E-state index contributed by atoms with van der Waals surface area (Å²) in [6.45, 7) is 8.42. The van der Waals surface area contributed by atoms with E-state index in [1.165, 1.54) is 24.0 Å². The first-order chi connectivity index (χ1) is 16.7. The van der Waals surface area contributed by atoms with Crippen LogP contribution in [0.15, 0.2) is 61.7 Å². The molecule has 3 rings (SSSR count). The maximum atomic E-state index is 9.87. The molecular weight excluding hydrogens is 586 g/mol. The van der Waals surface area contributed by atoms with Crippen LogP contribution in [0.1, 0.15) is 37.8 Å². The molecule has 0 N–H and O–H groups in total. The molecule has 0 saturated heterocycles. The van der Waals surface area contributed by atoms with Gasteiger partial charge in [0, 0.05) is 0 Å². The molecule has 0 bridgehead atoms. The average Bonchev–Trinajstić information content (AvgIpc) is 3.27. The summed E-state index contributed by atoms with van der Waals surface area (Å²) in [6.07, 6.45) is 15.3. The Bertz CT molecular complexity index is 1070. The first kappa shape index (κ1) is 33.7. The molecule has 0 atom stereocenters. The van der Waals surface area contributed by atoms with Crippen LogP contribution in [0.25, 0.3) is 0 Å². The van der Waals surface area contributed by atoms with Gasteiger partial charge in [-0.3, -0.25) is 0 Å². The Morgan fingerprint density at radius 2 is 0.921 bits per heavy atom. The van der Waals surface area contributed by atoms with Crippen molar-refractivity contribution in [2.24, 2.45) is 0 Å². The predicted octanol–water partition coefficient (Wildman–Crippen LogP) is 9.55. The number of hydrogen-bond donors (Lipinski definition) is 0. The Hall–Kier alpha value is -2.34. The molecule has 0 saturated carbocycles. The van der Waals surface area contributed by atoms with E-state index >= 15 is 0 Å². The number of aryl methyl sites for hydroxylation is 2. The van der Waals surface area contributed by atoms with Gasteiger partial charge in [-0.1, -0.05) is 32.0 Å². The summed E-state index contributed by atoms with van der Waals surface area (Å²) >= 11 is 0. The van der Waals surface area contributed by atoms with Crippen molar-refractivity contribution in [2.75, 3.05) is 0 Å². The zero-order valence-corrected chi connectivity index (χ0v) is 22.0. The summed E-state index contributed by atoms with van der Waals surface area (Å²) in [6, 6.07) is 8.90. The molecule has 2 heterocycles. The molecule has 0 unspecified atom stereocenters. The van der Waals surface area contributed by atoms with Crippen LogP contribution in [0.4, 0.5) is 50.4 Å². The number of hydrogen-bond acceptors (Lipinski definition) is 0. The van der Waals surface area contributed by atoms with Gasteiger partial charge in [-0.25, -0.2) is 18.3 Å². The number of benzene rings is 1. The summed E-state index contributed by atoms with van der Waals surface area (Å²) in [5.74, 6) is 0. The molecule has 0 amide bonds. The van der Waals surface area contributed by atoms with Crippen molar-refractivity contribution in [3.8, 4) is 0 Å². The molecule has 1 aromatic carbocycles. The summed E-state index contributed by atoms with van der Waals surface area (Å²) < 4.78 is 127. The number of aromatic nitrogens is 4. The summed E-state index contributed by atoms with van der Waals surface area (Å²) in [7, 11) is -21.3. The molecule has 0 spiro atoms. The molecular formula is C20H28F12N4P2. The van der Waals surface area contributed by atoms with Gasteiger partial charge in [-0.2, -0.15) is 0 Å². The van der Waals surface area contributed by atoms with Gasteiger partial charge >= 0.3 is 66.0 Å². The zero-order valence-electron chi connectivity index (χ0n) is 20.2. The standard InChI is InChI=1S/C20H28N4.2F6P/c1-3-8-21-10-12-23(17-21)15-19-6-5-7-20(14-19)16-24-13-11-22(18-24)9-4-2;2*1-7(2,3,4,5)6/h5-7,10-14,17-18H,3-4,8-9,15-16H2,1-2H3;;/q+2;2*-1. The fourth-order valence-electron chi connectivity index (χ4n) is 3.09. The second kappa shape index (κ2) is 10.3. The molecule has 4 nitrogen and oxygen atoms in total. The molecule has 2 aromatic heterocycles. The molecule has 0 aliphatic heterocycles. The van der Waals surface area contributed by atoms with Gasteiger partial charge in [0.25, 0.3) is 0 Å². The van der Waals surface area contributed by atoms with Gasteiger partial charge in [0.1, 0.15) is 37.9 Å². The van der Waals surface area contributed by atoms with Crippen LogP contribution in [0.2, 0.25) is 0 Å². The Morgan fingerprint density at radius 1 is 0.605 bits per heavy atom. The third kappa shape index (κ3) is 22.8. The number of imidazole rings is 2. The van der Waals surface area contributed by atoms with E-state index in [4.69, 9.17) is 0 Å². The van der Waals surface area contributed by atoms with E-state index in [1.807, 2.05) is 0 Å². The fraction of sp³-hybridized carbons (Fsp3) is 0.400. The third-order valence-electron chi connectivity index (χ3n) is 4.18. The second-order valence-electron chi connectivity index (χ2n) is 8.38. The van der Waals surface area contributed by atoms with Gasteiger partial charge in [-0.05, 0) is 30.0 Å². The second-order valence-corrected chi connectivity index (χ2v) is 12.2. The van der Waals surface area contributed by atoms with E-state index in [0.717, 1.165) is 26.2 Å². The van der Waals surface area contributed by atoms with E-state index in [2.05, 4.69) is 93.8 Å². The summed E-state index contributed by atoms with van der Waals surface area (Å²) in [4.78, 5) is 0. The van der Waals surface area contributed by atoms with Gasteiger partial charge < -0.3 is 0 Å². The van der Waals surface area contributed by atoms with E-state index < -0.39 is 15.6 Å². The SMILES string of the molecule is CCCn1cc[n+](Cc2cccc(C[n+]3ccn(CCC)c3)c2)c1.F[P-](F)(F)(F)(F)F.F[P-](F)(F)(F)(F)F. The number of halogens is 12. The Morgan fingerprint density at radius 3 is 1.21 bits per heavy atom. The molecule has 0 aliphatic carbocycles. The number of nitrogens with zero attached hydrogens (tertiary/aromatic N) is 4. The fourth-order valence-corrected chi connectivity index (χ4v) is 3.09. The minimum absolute atomic E-state index is 0.923. The van der Waals surface area contributed by atoms with Crippen molar-refractivity contribution in [1.29, 1.82) is 0 Å². The zero-order chi connectivity index (χ0) is 29.6. The minimum atomic E-state index is -10.7. The third-order valence-corrected chi connectivity index (χ3v) is 4.18. The molecule has 38 heavy (non-hydrogen) atoms. The summed E-state index contributed by atoms with van der Waals surface area (Å²) in [5.41, 5.74) is 2.70. The van der Waals surface area contributed by atoms with Crippen LogP contribution >= 0.6 is 15.6 Å². The van der Waals surface area contributed by atoms with Gasteiger partial charge in [0.15, 0.2) is 0 Å². The summed E-state index contributed by atoms with van der Waals surface area (Å²) in [5, 5.41) is 0. The normalized spacial score (nSPS) is 15.5. The molecule has 0 aliphatic rings. The van der Waals surface area contributed by atoms with Crippen molar-refractivity contribution < 1.29 is 59.5 Å². The van der Waals surface area contributed by atoms with Gasteiger partial charge in [0.2, 0.25) is 12.7 Å². The average molecular weight is 614 g/mol. The maximum absolute atomic E-state index is 10.7. The van der Waals surface area contributed by atoms with Crippen LogP contribution in [0, 0.1) is 0 Å². The van der Waals surface area contributed by atoms with Crippen molar-refractivity contribution >= 4 is 15.6 Å². The quantitative estimate of drug-likeness (QED) is 0.137. The van der Waals surface area contributed by atoms with Crippen molar-refractivity contribution in [2.45, 2.75) is 52.9 Å². The first-order valence-electron chi connectivity index (χ1n) is 11.0. The molecule has 0 fully saturated rings. The Labute approximate surface area is 210 Å². The van der Waals surface area contributed by atoms with Crippen LogP contribution in [-0.4, -0.2) is 9.13 Å². The Balaban J connectivity index is 0.000000426. The monoisotopic (exact) mass is 614 g/mol. The van der Waals surface area contributed by atoms with E-state index in [1.54, 1.807) is 0 Å². The van der Waals surface area contributed by atoms with E-state index in [0.29, 0.717) is 0 Å².